The predicted octanol–water partition coefficient (Wildman–Crippen LogP) is 0.882. The number of nitrogen functional groups attached to an aromatic ring is 1. The van der Waals surface area contributed by atoms with Gasteiger partial charge in [-0.3, -0.25) is 4.79 Å². The van der Waals surface area contributed by atoms with Crippen molar-refractivity contribution in [2.24, 2.45) is 0 Å². The molecule has 1 aliphatic heterocycles. The van der Waals surface area contributed by atoms with Gasteiger partial charge in [0.2, 0.25) is 0 Å². The zero-order valence-electron chi connectivity index (χ0n) is 9.64. The fourth-order valence-corrected chi connectivity index (χ4v) is 1.91. The second-order valence-electron chi connectivity index (χ2n) is 4.19. The number of nitrogens with one attached hydrogen (secondary N) is 1. The number of aromatic hydroxyl groups is 1. The van der Waals surface area contributed by atoms with Crippen LogP contribution >= 0.6 is 0 Å². The first-order chi connectivity index (χ1) is 8.09. The second-order valence-corrected chi connectivity index (χ2v) is 4.19. The highest BCUT2D eigenvalue weighted by atomic mass is 16.5. The van der Waals surface area contributed by atoms with Crippen LogP contribution in [0.15, 0.2) is 18.2 Å². The minimum atomic E-state index is -0.322. The highest BCUT2D eigenvalue weighted by molar-refractivity contribution is 5.98. The van der Waals surface area contributed by atoms with Crippen molar-refractivity contribution in [3.8, 4) is 5.75 Å². The predicted molar refractivity (Wildman–Crippen MR) is 63.8 cm³/mol. The molecule has 2 rings (SSSR count). The lowest BCUT2D eigenvalue weighted by atomic mass is 10.1. The minimum absolute atomic E-state index is 0.00199. The van der Waals surface area contributed by atoms with Crippen LogP contribution in [0.2, 0.25) is 0 Å². The largest absolute Gasteiger partial charge is 0.505 e. The van der Waals surface area contributed by atoms with Crippen molar-refractivity contribution in [2.45, 2.75) is 25.5 Å². The van der Waals surface area contributed by atoms with Gasteiger partial charge in [0.1, 0.15) is 0 Å². The van der Waals surface area contributed by atoms with E-state index in [0.29, 0.717) is 6.61 Å². The summed E-state index contributed by atoms with van der Waals surface area (Å²) < 4.78 is 5.35. The summed E-state index contributed by atoms with van der Waals surface area (Å²) in [4.78, 5) is 11.9. The quantitative estimate of drug-likeness (QED) is 0.525. The summed E-state index contributed by atoms with van der Waals surface area (Å²) in [6.45, 7) is 2.56. The Morgan fingerprint density at radius 3 is 3.00 bits per heavy atom. The molecule has 2 unspecified atom stereocenters. The van der Waals surface area contributed by atoms with Gasteiger partial charge in [-0.15, -0.1) is 0 Å². The fourth-order valence-electron chi connectivity index (χ4n) is 1.91. The molecular formula is C12H16N2O3. The number of carbonyl (C=O) groups excluding carboxylic acids is 1. The molecule has 2 atom stereocenters. The van der Waals surface area contributed by atoms with Gasteiger partial charge >= 0.3 is 0 Å². The summed E-state index contributed by atoms with van der Waals surface area (Å²) in [6, 6.07) is 4.72. The average Bonchev–Trinajstić information content (AvgIpc) is 2.68. The highest BCUT2D eigenvalue weighted by Gasteiger charge is 2.26. The molecule has 0 aliphatic carbocycles. The summed E-state index contributed by atoms with van der Waals surface area (Å²) in [5.41, 5.74) is 5.94. The van der Waals surface area contributed by atoms with Crippen LogP contribution in [0.25, 0.3) is 0 Å². The Morgan fingerprint density at radius 1 is 1.59 bits per heavy atom. The molecule has 0 bridgehead atoms. The lowest BCUT2D eigenvalue weighted by Crippen LogP contribution is -2.39. The zero-order chi connectivity index (χ0) is 12.4. The number of hydrogen-bond acceptors (Lipinski definition) is 4. The van der Waals surface area contributed by atoms with Gasteiger partial charge < -0.3 is 20.9 Å². The van der Waals surface area contributed by atoms with Crippen LogP contribution in [0.3, 0.4) is 0 Å². The monoisotopic (exact) mass is 236 g/mol. The normalized spacial score (nSPS) is 23.6. The van der Waals surface area contributed by atoms with E-state index in [1.807, 2.05) is 6.92 Å². The molecule has 5 heteroatoms. The molecule has 0 saturated carbocycles. The molecule has 1 aromatic rings. The van der Waals surface area contributed by atoms with Crippen LogP contribution in [-0.4, -0.2) is 29.8 Å². The fraction of sp³-hybridized carbons (Fsp3) is 0.417. The molecule has 1 heterocycles. The second kappa shape index (κ2) is 4.63. The number of phenols is 1. The van der Waals surface area contributed by atoms with Crippen LogP contribution in [0.1, 0.15) is 23.7 Å². The third kappa shape index (κ3) is 2.34. The van der Waals surface area contributed by atoms with Crippen LogP contribution in [0.5, 0.6) is 5.75 Å². The maximum absolute atomic E-state index is 11.9. The van der Waals surface area contributed by atoms with Gasteiger partial charge in [0.05, 0.1) is 23.4 Å². The maximum atomic E-state index is 11.9. The first-order valence-corrected chi connectivity index (χ1v) is 5.59. The van der Waals surface area contributed by atoms with Gasteiger partial charge in [-0.25, -0.2) is 0 Å². The van der Waals surface area contributed by atoms with E-state index in [1.54, 1.807) is 18.2 Å². The number of rotatable bonds is 2. The number of hydrogen-bond donors (Lipinski definition) is 3. The Labute approximate surface area is 99.6 Å². The van der Waals surface area contributed by atoms with Crippen LogP contribution in [0.4, 0.5) is 5.69 Å². The molecule has 0 radical (unpaired) electrons. The van der Waals surface area contributed by atoms with E-state index in [1.165, 1.54) is 0 Å². The topological polar surface area (TPSA) is 84.6 Å². The highest BCUT2D eigenvalue weighted by Crippen LogP contribution is 2.24. The number of amides is 1. The Hall–Kier alpha value is -1.75. The standard InChI is InChI=1S/C12H16N2O3/c1-7-10(5-6-17-7)14-12(16)8-3-2-4-9(13)11(8)15/h2-4,7,10,15H,5-6,13H2,1H3,(H,14,16). The third-order valence-corrected chi connectivity index (χ3v) is 3.00. The lowest BCUT2D eigenvalue weighted by molar-refractivity contribution is 0.0864. The van der Waals surface area contributed by atoms with Crippen molar-refractivity contribution in [3.05, 3.63) is 23.8 Å². The van der Waals surface area contributed by atoms with Gasteiger partial charge in [-0.2, -0.15) is 0 Å². The first-order valence-electron chi connectivity index (χ1n) is 5.59. The molecule has 1 amide bonds. The Bertz CT molecular complexity index is 434. The molecule has 5 nitrogen and oxygen atoms in total. The number of para-hydroxylation sites is 1. The van der Waals surface area contributed by atoms with Crippen molar-refractivity contribution in [1.82, 2.24) is 5.32 Å². The summed E-state index contributed by atoms with van der Waals surface area (Å²) >= 11 is 0. The van der Waals surface area contributed by atoms with E-state index in [0.717, 1.165) is 6.42 Å². The van der Waals surface area contributed by atoms with Gasteiger partial charge in [-0.1, -0.05) is 6.07 Å². The van der Waals surface area contributed by atoms with E-state index in [-0.39, 0.29) is 35.1 Å². The Balaban J connectivity index is 2.12. The summed E-state index contributed by atoms with van der Waals surface area (Å²) in [5.74, 6) is -0.492. The van der Waals surface area contributed by atoms with Crippen molar-refractivity contribution < 1.29 is 14.6 Å². The molecule has 1 saturated heterocycles. The summed E-state index contributed by atoms with van der Waals surface area (Å²) in [7, 11) is 0. The van der Waals surface area contributed by atoms with E-state index >= 15 is 0 Å². The SMILES string of the molecule is CC1OCCC1NC(=O)c1cccc(N)c1O. The number of ether oxygens (including phenoxy) is 1. The molecule has 1 aliphatic rings. The Morgan fingerprint density at radius 2 is 2.35 bits per heavy atom. The van der Waals surface area contributed by atoms with E-state index in [2.05, 4.69) is 5.32 Å². The van der Waals surface area contributed by atoms with Crippen molar-refractivity contribution in [1.29, 1.82) is 0 Å². The first kappa shape index (κ1) is 11.7. The number of anilines is 1. The molecule has 4 N–H and O–H groups in total. The number of phenolic OH excluding ortho intramolecular Hbond substituents is 1. The van der Waals surface area contributed by atoms with E-state index in [4.69, 9.17) is 10.5 Å². The van der Waals surface area contributed by atoms with Crippen molar-refractivity contribution >= 4 is 11.6 Å². The number of nitrogens with two attached hydrogens (primary N) is 1. The van der Waals surface area contributed by atoms with Gasteiger partial charge in [0.25, 0.3) is 5.91 Å². The van der Waals surface area contributed by atoms with Gasteiger partial charge in [0, 0.05) is 6.61 Å². The number of carbonyl (C=O) groups is 1. The van der Waals surface area contributed by atoms with Crippen molar-refractivity contribution in [3.63, 3.8) is 0 Å². The van der Waals surface area contributed by atoms with E-state index < -0.39 is 0 Å². The smallest absolute Gasteiger partial charge is 0.255 e. The van der Waals surface area contributed by atoms with Crippen LogP contribution < -0.4 is 11.1 Å². The van der Waals surface area contributed by atoms with Crippen molar-refractivity contribution in [2.75, 3.05) is 12.3 Å². The third-order valence-electron chi connectivity index (χ3n) is 3.00. The molecule has 1 aromatic carbocycles. The summed E-state index contributed by atoms with van der Waals surface area (Å²) in [6.07, 6.45) is 0.790. The van der Waals surface area contributed by atoms with Crippen LogP contribution in [0, 0.1) is 0 Å². The Kier molecular flexibility index (Phi) is 3.19. The molecule has 0 spiro atoms. The molecule has 17 heavy (non-hydrogen) atoms. The average molecular weight is 236 g/mol. The van der Waals surface area contributed by atoms with Gasteiger partial charge in [-0.05, 0) is 25.5 Å². The minimum Gasteiger partial charge on any atom is -0.505 e. The maximum Gasteiger partial charge on any atom is 0.255 e. The van der Waals surface area contributed by atoms with Crippen LogP contribution in [-0.2, 0) is 4.74 Å². The lowest BCUT2D eigenvalue weighted by Gasteiger charge is -2.16. The number of benzene rings is 1. The summed E-state index contributed by atoms with van der Waals surface area (Å²) in [5, 5.41) is 12.5. The zero-order valence-corrected chi connectivity index (χ0v) is 9.64. The molecular weight excluding hydrogens is 220 g/mol. The molecule has 0 aromatic heterocycles. The van der Waals surface area contributed by atoms with Gasteiger partial charge in [0.15, 0.2) is 5.75 Å². The molecule has 92 valence electrons. The molecule has 1 fully saturated rings. The van der Waals surface area contributed by atoms with E-state index in [9.17, 15) is 9.90 Å².